The first-order valence-corrected chi connectivity index (χ1v) is 6.88. The summed E-state index contributed by atoms with van der Waals surface area (Å²) in [6, 6.07) is 4.62. The topological polar surface area (TPSA) is 53.6 Å². The molecule has 1 unspecified atom stereocenters. The molecule has 96 valence electrons. The number of aromatic amines is 1. The molecular weight excluding hydrogens is 263 g/mol. The molecule has 0 fully saturated rings. The number of nitrogens with zero attached hydrogens (tertiary/aromatic N) is 2. The molecular formula is C13H11FN4S. The number of rotatable bonds is 1. The van der Waals surface area contributed by atoms with Crippen LogP contribution in [0, 0.1) is 5.82 Å². The number of H-pyrrole nitrogens is 1. The van der Waals surface area contributed by atoms with Crippen molar-refractivity contribution in [1.82, 2.24) is 20.3 Å². The molecule has 4 rings (SSSR count). The zero-order valence-electron chi connectivity index (χ0n) is 10.9. The van der Waals surface area contributed by atoms with Gasteiger partial charge in [0.05, 0.1) is 16.7 Å². The zero-order valence-corrected chi connectivity index (χ0v) is 10.7. The second kappa shape index (κ2) is 4.11. The Kier molecular flexibility index (Phi) is 2.17. The van der Waals surface area contributed by atoms with Crippen LogP contribution < -0.4 is 5.31 Å². The van der Waals surface area contributed by atoms with Gasteiger partial charge in [0.25, 0.3) is 0 Å². The van der Waals surface area contributed by atoms with Crippen LogP contribution in [-0.2, 0) is 6.42 Å². The van der Waals surface area contributed by atoms with Gasteiger partial charge in [-0.3, -0.25) is 0 Å². The number of halogens is 1. The van der Waals surface area contributed by atoms with Crippen molar-refractivity contribution < 1.29 is 5.80 Å². The standard InChI is InChI=1S/C13H11FN4S/c14-7-2-1-3-9-10(7)18-13(19-9)12-11-8(4-5-15-12)16-6-17-11/h1-3,6,12,15H,4-5H2,(H,16,17)/i/hD. The highest BCUT2D eigenvalue weighted by Gasteiger charge is 2.26. The molecule has 0 aliphatic carbocycles. The smallest absolute Gasteiger partial charge is 0.150 e. The summed E-state index contributed by atoms with van der Waals surface area (Å²) in [6.45, 7) is 0.609. The van der Waals surface area contributed by atoms with Gasteiger partial charge in [0, 0.05) is 18.7 Å². The lowest BCUT2D eigenvalue weighted by molar-refractivity contribution is 0.551. The first-order valence-electron chi connectivity index (χ1n) is 6.51. The molecule has 0 saturated heterocycles. The highest BCUT2D eigenvalue weighted by molar-refractivity contribution is 7.18. The molecule has 0 bridgehead atoms. The van der Waals surface area contributed by atoms with Gasteiger partial charge in [-0.05, 0) is 12.1 Å². The molecule has 2 aromatic heterocycles. The van der Waals surface area contributed by atoms with Crippen LogP contribution in [0.2, 0.25) is 1.41 Å². The quantitative estimate of drug-likeness (QED) is 0.717. The number of hydrogen-bond donors (Lipinski definition) is 2. The third-order valence-corrected chi connectivity index (χ3v) is 4.38. The Balaban J connectivity index is 1.89. The molecule has 0 spiro atoms. The van der Waals surface area contributed by atoms with Gasteiger partial charge in [-0.2, -0.15) is 0 Å². The molecule has 2 N–H and O–H groups in total. The number of hydrogen-bond acceptors (Lipinski definition) is 4. The van der Waals surface area contributed by atoms with E-state index in [2.05, 4.69) is 15.0 Å². The Hall–Kier alpha value is -1.79. The number of imidazole rings is 1. The minimum Gasteiger partial charge on any atom is -0.348 e. The van der Waals surface area contributed by atoms with Crippen LogP contribution in [0.3, 0.4) is 0 Å². The molecule has 1 aliphatic rings. The lowest BCUT2D eigenvalue weighted by Gasteiger charge is -2.20. The average molecular weight is 275 g/mol. The highest BCUT2D eigenvalue weighted by Crippen LogP contribution is 2.32. The molecule has 0 saturated carbocycles. The minimum absolute atomic E-state index is 0.318. The Labute approximate surface area is 114 Å². The van der Waals surface area contributed by atoms with Crippen LogP contribution >= 0.6 is 11.3 Å². The molecule has 4 nitrogen and oxygen atoms in total. The van der Waals surface area contributed by atoms with Crippen molar-refractivity contribution in [3.63, 3.8) is 0 Å². The van der Waals surface area contributed by atoms with Crippen LogP contribution in [0.1, 0.15) is 22.4 Å². The van der Waals surface area contributed by atoms with E-state index < -0.39 is 0 Å². The maximum Gasteiger partial charge on any atom is 0.150 e. The van der Waals surface area contributed by atoms with E-state index >= 15 is 0 Å². The van der Waals surface area contributed by atoms with Gasteiger partial charge in [-0.15, -0.1) is 11.3 Å². The van der Waals surface area contributed by atoms with Gasteiger partial charge in [-0.25, -0.2) is 14.4 Å². The predicted molar refractivity (Wildman–Crippen MR) is 71.7 cm³/mol. The summed E-state index contributed by atoms with van der Waals surface area (Å²) in [7, 11) is 0. The summed E-state index contributed by atoms with van der Waals surface area (Å²) < 4.78 is 22.7. The van der Waals surface area contributed by atoms with Crippen molar-refractivity contribution in [2.45, 2.75) is 12.5 Å². The fourth-order valence-electron chi connectivity index (χ4n) is 2.40. The normalized spacial score (nSPS) is 20.5. The second-order valence-electron chi connectivity index (χ2n) is 4.46. The Morgan fingerprint density at radius 2 is 2.42 bits per heavy atom. The molecule has 3 aromatic rings. The van der Waals surface area contributed by atoms with Gasteiger partial charge >= 0.3 is 0 Å². The summed E-state index contributed by atoms with van der Waals surface area (Å²) in [5.74, 6) is -0.320. The van der Waals surface area contributed by atoms with E-state index in [9.17, 15) is 4.39 Å². The summed E-state index contributed by atoms with van der Waals surface area (Å²) in [4.78, 5) is 11.8. The number of thiazole rings is 1. The van der Waals surface area contributed by atoms with Crippen molar-refractivity contribution in [3.8, 4) is 0 Å². The Morgan fingerprint density at radius 3 is 3.32 bits per heavy atom. The van der Waals surface area contributed by atoms with E-state index in [0.29, 0.717) is 17.1 Å². The number of para-hydroxylation sites is 1. The maximum absolute atomic E-state index is 13.8. The van der Waals surface area contributed by atoms with Crippen molar-refractivity contribution in [1.29, 1.82) is 0 Å². The Morgan fingerprint density at radius 1 is 1.47 bits per heavy atom. The minimum atomic E-state index is -0.320. The van der Waals surface area contributed by atoms with E-state index in [-0.39, 0.29) is 11.9 Å². The van der Waals surface area contributed by atoms with Gasteiger partial charge in [0.15, 0.2) is 0 Å². The van der Waals surface area contributed by atoms with Crippen LogP contribution in [0.25, 0.3) is 10.2 Å². The molecule has 1 aromatic carbocycles. The van der Waals surface area contributed by atoms with Gasteiger partial charge in [0.1, 0.15) is 23.8 Å². The largest absolute Gasteiger partial charge is 0.348 e. The molecule has 6 heteroatoms. The SMILES string of the molecule is [2H]N1CCc2[nH]cnc2C1c1nc2c(F)cccc2s1. The van der Waals surface area contributed by atoms with E-state index in [1.54, 1.807) is 12.4 Å². The number of aromatic nitrogens is 3. The first kappa shape index (κ1) is 10.1. The van der Waals surface area contributed by atoms with Crippen LogP contribution in [-0.4, -0.2) is 21.5 Å². The van der Waals surface area contributed by atoms with Gasteiger partial charge in [0.2, 0.25) is 0 Å². The van der Waals surface area contributed by atoms with E-state index in [0.717, 1.165) is 22.5 Å². The lowest BCUT2D eigenvalue weighted by atomic mass is 10.1. The van der Waals surface area contributed by atoms with Crippen molar-refractivity contribution in [3.05, 3.63) is 46.7 Å². The van der Waals surface area contributed by atoms with Crippen LogP contribution in [0.5, 0.6) is 0 Å². The molecule has 3 heterocycles. The summed E-state index contributed by atoms with van der Waals surface area (Å²) in [5, 5.41) is 2.19. The van der Waals surface area contributed by atoms with E-state index in [4.69, 9.17) is 1.41 Å². The summed E-state index contributed by atoms with van der Waals surface area (Å²) in [5.41, 5.74) is 2.24. The maximum atomic E-state index is 13.8. The van der Waals surface area contributed by atoms with Crippen LogP contribution in [0.4, 0.5) is 4.39 Å². The molecule has 1 aliphatic heterocycles. The summed E-state index contributed by atoms with van der Waals surface area (Å²) >= 11 is 1.42. The molecule has 0 amide bonds. The number of nitrogens with one attached hydrogen (secondary N) is 2. The number of fused-ring (bicyclic) bond motifs is 2. The fourth-order valence-corrected chi connectivity index (χ4v) is 3.45. The first-order chi connectivity index (χ1) is 9.74. The van der Waals surface area contributed by atoms with Gasteiger partial charge in [-0.1, -0.05) is 6.07 Å². The van der Waals surface area contributed by atoms with E-state index in [1.165, 1.54) is 22.7 Å². The van der Waals surface area contributed by atoms with Crippen LogP contribution in [0.15, 0.2) is 24.5 Å². The average Bonchev–Trinajstić information content (AvgIpc) is 3.05. The monoisotopic (exact) mass is 275 g/mol. The van der Waals surface area contributed by atoms with Crippen molar-refractivity contribution >= 4 is 21.6 Å². The second-order valence-corrected chi connectivity index (χ2v) is 5.53. The Bertz CT molecular complexity index is 784. The highest BCUT2D eigenvalue weighted by atomic mass is 32.1. The third-order valence-electron chi connectivity index (χ3n) is 3.30. The zero-order chi connectivity index (χ0) is 13.7. The van der Waals surface area contributed by atoms with Crippen molar-refractivity contribution in [2.75, 3.05) is 6.54 Å². The third kappa shape index (κ3) is 1.67. The lowest BCUT2D eigenvalue weighted by Crippen LogP contribution is -2.30. The van der Waals surface area contributed by atoms with E-state index in [1.807, 2.05) is 6.07 Å². The molecule has 0 radical (unpaired) electrons. The molecule has 1 atom stereocenters. The molecule has 19 heavy (non-hydrogen) atoms. The van der Waals surface area contributed by atoms with Crippen molar-refractivity contribution in [2.24, 2.45) is 0 Å². The van der Waals surface area contributed by atoms with Gasteiger partial charge < -0.3 is 10.3 Å². The summed E-state index contributed by atoms with van der Waals surface area (Å²) in [6.07, 6.45) is 2.42. The number of benzene rings is 1. The fraction of sp³-hybridized carbons (Fsp3) is 0.231. The predicted octanol–water partition coefficient (Wildman–Crippen LogP) is 2.39.